The van der Waals surface area contributed by atoms with Crippen LogP contribution >= 0.6 is 15.9 Å². The van der Waals surface area contributed by atoms with Crippen molar-refractivity contribution in [3.63, 3.8) is 0 Å². The van der Waals surface area contributed by atoms with Crippen molar-refractivity contribution in [1.29, 1.82) is 0 Å². The first kappa shape index (κ1) is 7.51. The van der Waals surface area contributed by atoms with E-state index in [1.807, 2.05) is 0 Å². The highest BCUT2D eigenvalue weighted by molar-refractivity contribution is 9.09. The number of aliphatic hydroxyl groups is 1. The summed E-state index contributed by atoms with van der Waals surface area (Å²) in [4.78, 5) is 0. The SMILES string of the molecule is O[C@@H](CBr)[C@@H]1CCOC1. The Morgan fingerprint density at radius 3 is 3.00 bits per heavy atom. The Kier molecular flexibility index (Phi) is 2.95. The Balaban J connectivity index is 2.24. The van der Waals surface area contributed by atoms with Crippen LogP contribution in [0.15, 0.2) is 0 Å². The smallest absolute Gasteiger partial charge is 0.0687 e. The third-order valence-corrected chi connectivity index (χ3v) is 2.33. The van der Waals surface area contributed by atoms with Gasteiger partial charge in [0, 0.05) is 17.9 Å². The molecule has 1 fully saturated rings. The van der Waals surface area contributed by atoms with Crippen molar-refractivity contribution in [2.45, 2.75) is 12.5 Å². The molecule has 1 N–H and O–H groups in total. The van der Waals surface area contributed by atoms with Crippen LogP contribution in [0.4, 0.5) is 0 Å². The molecule has 54 valence electrons. The van der Waals surface area contributed by atoms with E-state index in [2.05, 4.69) is 15.9 Å². The van der Waals surface area contributed by atoms with Gasteiger partial charge in [0.25, 0.3) is 0 Å². The molecule has 0 radical (unpaired) electrons. The molecule has 2 atom stereocenters. The number of hydrogen-bond donors (Lipinski definition) is 1. The maximum atomic E-state index is 9.23. The molecule has 3 heteroatoms. The van der Waals surface area contributed by atoms with Crippen LogP contribution in [0.3, 0.4) is 0 Å². The molecule has 1 heterocycles. The molecule has 0 saturated carbocycles. The van der Waals surface area contributed by atoms with E-state index in [0.717, 1.165) is 19.6 Å². The van der Waals surface area contributed by atoms with Crippen LogP contribution in [-0.2, 0) is 4.74 Å². The van der Waals surface area contributed by atoms with Gasteiger partial charge in [-0.1, -0.05) is 15.9 Å². The second-order valence-corrected chi connectivity index (χ2v) is 2.99. The highest BCUT2D eigenvalue weighted by atomic mass is 79.9. The van der Waals surface area contributed by atoms with E-state index in [9.17, 15) is 5.11 Å². The number of ether oxygens (including phenoxy) is 1. The summed E-state index contributed by atoms with van der Waals surface area (Å²) < 4.78 is 5.10. The van der Waals surface area contributed by atoms with Gasteiger partial charge in [-0.25, -0.2) is 0 Å². The van der Waals surface area contributed by atoms with Crippen LogP contribution in [0.5, 0.6) is 0 Å². The first-order valence-electron chi connectivity index (χ1n) is 3.16. The summed E-state index contributed by atoms with van der Waals surface area (Å²) in [6, 6.07) is 0. The first-order valence-corrected chi connectivity index (χ1v) is 4.28. The van der Waals surface area contributed by atoms with E-state index in [4.69, 9.17) is 4.74 Å². The lowest BCUT2D eigenvalue weighted by Gasteiger charge is -2.11. The van der Waals surface area contributed by atoms with Gasteiger partial charge in [-0.3, -0.25) is 0 Å². The lowest BCUT2D eigenvalue weighted by molar-refractivity contribution is 0.110. The van der Waals surface area contributed by atoms with Crippen molar-refractivity contribution in [3.05, 3.63) is 0 Å². The number of alkyl halides is 1. The van der Waals surface area contributed by atoms with Gasteiger partial charge >= 0.3 is 0 Å². The van der Waals surface area contributed by atoms with Crippen LogP contribution in [0.2, 0.25) is 0 Å². The molecule has 0 aliphatic carbocycles. The number of halogens is 1. The third-order valence-electron chi connectivity index (χ3n) is 1.67. The average molecular weight is 195 g/mol. The highest BCUT2D eigenvalue weighted by Gasteiger charge is 2.22. The Labute approximate surface area is 63.3 Å². The molecule has 9 heavy (non-hydrogen) atoms. The fourth-order valence-electron chi connectivity index (χ4n) is 0.982. The average Bonchev–Trinajstić information content (AvgIpc) is 2.37. The highest BCUT2D eigenvalue weighted by Crippen LogP contribution is 2.17. The monoisotopic (exact) mass is 194 g/mol. The van der Waals surface area contributed by atoms with Crippen LogP contribution in [-0.4, -0.2) is 29.8 Å². The predicted octanol–water partition coefficient (Wildman–Crippen LogP) is 0.779. The largest absolute Gasteiger partial charge is 0.392 e. The summed E-state index contributed by atoms with van der Waals surface area (Å²) in [5.74, 6) is 0.365. The van der Waals surface area contributed by atoms with Gasteiger partial charge in [-0.2, -0.15) is 0 Å². The zero-order valence-electron chi connectivity index (χ0n) is 5.22. The van der Waals surface area contributed by atoms with Gasteiger partial charge in [0.2, 0.25) is 0 Å². The van der Waals surface area contributed by atoms with Crippen LogP contribution in [0, 0.1) is 5.92 Å². The summed E-state index contributed by atoms with van der Waals surface area (Å²) in [7, 11) is 0. The fraction of sp³-hybridized carbons (Fsp3) is 1.00. The van der Waals surface area contributed by atoms with Crippen molar-refractivity contribution in [1.82, 2.24) is 0 Å². The van der Waals surface area contributed by atoms with E-state index >= 15 is 0 Å². The number of rotatable bonds is 2. The first-order chi connectivity index (χ1) is 4.34. The normalized spacial score (nSPS) is 30.7. The molecule has 1 aliphatic heterocycles. The number of aliphatic hydroxyl groups excluding tert-OH is 1. The predicted molar refractivity (Wildman–Crippen MR) is 38.7 cm³/mol. The molecule has 0 unspecified atom stereocenters. The maximum Gasteiger partial charge on any atom is 0.0687 e. The summed E-state index contributed by atoms with van der Waals surface area (Å²) in [6.07, 6.45) is 0.791. The van der Waals surface area contributed by atoms with Gasteiger partial charge < -0.3 is 9.84 Å². The number of hydrogen-bond acceptors (Lipinski definition) is 2. The standard InChI is InChI=1S/C6H11BrO2/c7-3-6(8)5-1-2-9-4-5/h5-6,8H,1-4H2/t5-,6+/m1/s1. The minimum absolute atomic E-state index is 0.215. The van der Waals surface area contributed by atoms with E-state index < -0.39 is 0 Å². The second-order valence-electron chi connectivity index (χ2n) is 2.35. The van der Waals surface area contributed by atoms with Gasteiger partial charge in [-0.15, -0.1) is 0 Å². The summed E-state index contributed by atoms with van der Waals surface area (Å²) in [5.41, 5.74) is 0. The molecule has 0 spiro atoms. The van der Waals surface area contributed by atoms with Crippen LogP contribution in [0.25, 0.3) is 0 Å². The van der Waals surface area contributed by atoms with E-state index in [1.165, 1.54) is 0 Å². The Morgan fingerprint density at radius 2 is 2.56 bits per heavy atom. The Bertz CT molecular complexity index is 81.1. The lowest BCUT2D eigenvalue weighted by Crippen LogP contribution is -2.21. The van der Waals surface area contributed by atoms with Gasteiger partial charge in [0.1, 0.15) is 0 Å². The van der Waals surface area contributed by atoms with Crippen molar-refractivity contribution < 1.29 is 9.84 Å². The Morgan fingerprint density at radius 1 is 1.78 bits per heavy atom. The molecule has 0 aromatic carbocycles. The second kappa shape index (κ2) is 3.54. The van der Waals surface area contributed by atoms with Gasteiger partial charge in [0.05, 0.1) is 12.7 Å². The van der Waals surface area contributed by atoms with Crippen LogP contribution < -0.4 is 0 Å². The molecule has 1 rings (SSSR count). The molecule has 2 nitrogen and oxygen atoms in total. The topological polar surface area (TPSA) is 29.5 Å². The quantitative estimate of drug-likeness (QED) is 0.659. The summed E-state index contributed by atoms with van der Waals surface area (Å²) in [5, 5.41) is 9.90. The van der Waals surface area contributed by atoms with Gasteiger partial charge in [0.15, 0.2) is 0 Å². The van der Waals surface area contributed by atoms with Crippen molar-refractivity contribution in [3.8, 4) is 0 Å². The summed E-state index contributed by atoms with van der Waals surface area (Å²) >= 11 is 3.22. The minimum atomic E-state index is -0.215. The Hall–Kier alpha value is 0.400. The van der Waals surface area contributed by atoms with Crippen LogP contribution in [0.1, 0.15) is 6.42 Å². The van der Waals surface area contributed by atoms with E-state index in [-0.39, 0.29) is 6.10 Å². The molecular weight excluding hydrogens is 184 g/mol. The maximum absolute atomic E-state index is 9.23. The lowest BCUT2D eigenvalue weighted by atomic mass is 10.0. The summed E-state index contributed by atoms with van der Waals surface area (Å²) in [6.45, 7) is 1.54. The third kappa shape index (κ3) is 1.92. The van der Waals surface area contributed by atoms with E-state index in [0.29, 0.717) is 11.2 Å². The zero-order valence-corrected chi connectivity index (χ0v) is 6.80. The minimum Gasteiger partial charge on any atom is -0.392 e. The molecule has 0 bridgehead atoms. The van der Waals surface area contributed by atoms with E-state index in [1.54, 1.807) is 0 Å². The van der Waals surface area contributed by atoms with Crippen molar-refractivity contribution in [2.75, 3.05) is 18.5 Å². The molecule has 0 aromatic rings. The molecule has 1 saturated heterocycles. The molecular formula is C6H11BrO2. The molecule has 0 aromatic heterocycles. The molecule has 0 amide bonds. The fourth-order valence-corrected chi connectivity index (χ4v) is 1.51. The van der Waals surface area contributed by atoms with Crippen molar-refractivity contribution >= 4 is 15.9 Å². The molecule has 1 aliphatic rings. The van der Waals surface area contributed by atoms with Crippen molar-refractivity contribution in [2.24, 2.45) is 5.92 Å². The van der Waals surface area contributed by atoms with Gasteiger partial charge in [-0.05, 0) is 6.42 Å². The zero-order chi connectivity index (χ0) is 6.69.